The second-order valence-corrected chi connectivity index (χ2v) is 4.93. The molecule has 120 valence electrons. The van der Waals surface area contributed by atoms with E-state index in [-0.39, 0.29) is 28.9 Å². The van der Waals surface area contributed by atoms with Crippen LogP contribution in [0.25, 0.3) is 11.1 Å². The van der Waals surface area contributed by atoms with E-state index in [0.29, 0.717) is 5.56 Å². The molecule has 5 nitrogen and oxygen atoms in total. The molecule has 1 N–H and O–H groups in total. The molecule has 0 spiro atoms. The van der Waals surface area contributed by atoms with Crippen LogP contribution >= 0.6 is 0 Å². The highest BCUT2D eigenvalue weighted by Crippen LogP contribution is 2.37. The van der Waals surface area contributed by atoms with Gasteiger partial charge < -0.3 is 5.32 Å². The molecule has 1 aromatic heterocycles. The number of rotatable bonds is 2. The van der Waals surface area contributed by atoms with E-state index in [1.165, 1.54) is 18.2 Å². The highest BCUT2D eigenvalue weighted by atomic mass is 19.4. The van der Waals surface area contributed by atoms with Crippen LogP contribution in [-0.2, 0) is 6.18 Å². The number of ketones is 1. The van der Waals surface area contributed by atoms with Crippen LogP contribution in [0.1, 0.15) is 32.2 Å². The summed E-state index contributed by atoms with van der Waals surface area (Å²) in [5, 5.41) is 2.44. The van der Waals surface area contributed by atoms with E-state index < -0.39 is 23.7 Å². The molecule has 8 heteroatoms. The molecular formula is C16H8F3N3O2. The van der Waals surface area contributed by atoms with E-state index in [0.717, 1.165) is 6.20 Å². The molecule has 1 amide bonds. The number of amides is 1. The third kappa shape index (κ3) is 2.50. The molecule has 24 heavy (non-hydrogen) atoms. The summed E-state index contributed by atoms with van der Waals surface area (Å²) in [6, 6.07) is 4.23. The van der Waals surface area contributed by atoms with Crippen LogP contribution in [-0.4, -0.2) is 28.2 Å². The van der Waals surface area contributed by atoms with Gasteiger partial charge >= 0.3 is 6.18 Å². The first kappa shape index (κ1) is 15.7. The Hall–Kier alpha value is -3.21. The molecule has 2 aromatic rings. The van der Waals surface area contributed by atoms with Crippen molar-refractivity contribution in [2.75, 3.05) is 6.54 Å². The molecule has 1 aliphatic rings. The quantitative estimate of drug-likeness (QED) is 0.730. The van der Waals surface area contributed by atoms with Crippen molar-refractivity contribution in [2.24, 2.45) is 0 Å². The Morgan fingerprint density at radius 1 is 1.25 bits per heavy atom. The van der Waals surface area contributed by atoms with Gasteiger partial charge in [0.2, 0.25) is 11.6 Å². The second-order valence-electron chi connectivity index (χ2n) is 4.93. The van der Waals surface area contributed by atoms with Crippen molar-refractivity contribution in [3.8, 4) is 23.5 Å². The molecule has 0 radical (unpaired) electrons. The summed E-state index contributed by atoms with van der Waals surface area (Å²) in [4.78, 5) is 30.8. The number of alkyl halides is 3. The van der Waals surface area contributed by atoms with Gasteiger partial charge in [-0.05, 0) is 17.7 Å². The molecule has 0 unspecified atom stereocenters. The molecule has 1 aliphatic carbocycles. The minimum absolute atomic E-state index is 0.0184. The van der Waals surface area contributed by atoms with E-state index in [2.05, 4.69) is 21.2 Å². The van der Waals surface area contributed by atoms with Crippen molar-refractivity contribution in [1.29, 1.82) is 0 Å². The van der Waals surface area contributed by atoms with Gasteiger partial charge in [-0.15, -0.1) is 6.42 Å². The summed E-state index contributed by atoms with van der Waals surface area (Å²) in [5.41, 5.74) is 0.547. The van der Waals surface area contributed by atoms with Crippen molar-refractivity contribution in [3.63, 3.8) is 0 Å². The van der Waals surface area contributed by atoms with Gasteiger partial charge in [0.1, 0.15) is 5.69 Å². The Labute approximate surface area is 133 Å². The van der Waals surface area contributed by atoms with Gasteiger partial charge in [-0.1, -0.05) is 12.0 Å². The van der Waals surface area contributed by atoms with Crippen molar-refractivity contribution >= 4 is 11.7 Å². The highest BCUT2D eigenvalue weighted by Gasteiger charge is 2.38. The zero-order chi connectivity index (χ0) is 17.5. The highest BCUT2D eigenvalue weighted by molar-refractivity contribution is 6.21. The van der Waals surface area contributed by atoms with Crippen molar-refractivity contribution in [2.45, 2.75) is 6.18 Å². The van der Waals surface area contributed by atoms with E-state index in [9.17, 15) is 22.8 Å². The van der Waals surface area contributed by atoms with Crippen LogP contribution in [0.5, 0.6) is 0 Å². The van der Waals surface area contributed by atoms with Crippen LogP contribution in [0.15, 0.2) is 24.4 Å². The average molecular weight is 331 g/mol. The number of halogens is 3. The van der Waals surface area contributed by atoms with Crippen LogP contribution < -0.4 is 5.32 Å². The molecule has 0 aliphatic heterocycles. The lowest BCUT2D eigenvalue weighted by atomic mass is 10.0. The number of benzene rings is 1. The predicted octanol–water partition coefficient (Wildman–Crippen LogP) is 2.07. The van der Waals surface area contributed by atoms with Crippen LogP contribution in [0.2, 0.25) is 0 Å². The van der Waals surface area contributed by atoms with Gasteiger partial charge in [0.15, 0.2) is 0 Å². The largest absolute Gasteiger partial charge is 0.451 e. The van der Waals surface area contributed by atoms with Crippen molar-refractivity contribution in [1.82, 2.24) is 15.3 Å². The maximum Gasteiger partial charge on any atom is 0.451 e. The topological polar surface area (TPSA) is 72.0 Å². The number of hydrogen-bond donors (Lipinski definition) is 1. The Balaban J connectivity index is 2.02. The molecule has 3 rings (SSSR count). The van der Waals surface area contributed by atoms with Gasteiger partial charge in [-0.25, -0.2) is 9.97 Å². The zero-order valence-electron chi connectivity index (χ0n) is 11.9. The zero-order valence-corrected chi connectivity index (χ0v) is 11.9. The summed E-state index contributed by atoms with van der Waals surface area (Å²) < 4.78 is 38.1. The Morgan fingerprint density at radius 3 is 2.67 bits per heavy atom. The standard InChI is InChI=1S/C16H8F3N3O2/c1-2-5-20-14(24)8-3-4-9-10(6-8)13(23)12-11(9)7-21-15(22-12)16(17,18)19/h1,3-4,6-7H,5H2,(H,20,24). The number of fused-ring (bicyclic) bond motifs is 3. The molecule has 1 aromatic carbocycles. The van der Waals surface area contributed by atoms with Crippen molar-refractivity contribution in [3.05, 3.63) is 47.0 Å². The third-order valence-electron chi connectivity index (χ3n) is 3.42. The third-order valence-corrected chi connectivity index (χ3v) is 3.42. The molecule has 0 bridgehead atoms. The van der Waals surface area contributed by atoms with Gasteiger partial charge in [-0.2, -0.15) is 13.2 Å². The summed E-state index contributed by atoms with van der Waals surface area (Å²) in [6.07, 6.45) is 1.27. The first-order valence-electron chi connectivity index (χ1n) is 6.68. The molecule has 1 heterocycles. The van der Waals surface area contributed by atoms with Gasteiger partial charge in [0.05, 0.1) is 6.54 Å². The summed E-state index contributed by atoms with van der Waals surface area (Å²) in [5.74, 6) is -0.306. The van der Waals surface area contributed by atoms with Crippen molar-refractivity contribution < 1.29 is 22.8 Å². The fourth-order valence-corrected chi connectivity index (χ4v) is 2.36. The summed E-state index contributed by atoms with van der Waals surface area (Å²) in [6.45, 7) is 0.0184. The lowest BCUT2D eigenvalue weighted by molar-refractivity contribution is -0.145. The Morgan fingerprint density at radius 2 is 2.00 bits per heavy atom. The SMILES string of the molecule is C#CCNC(=O)c1ccc2c(c1)C(=O)c1nc(C(F)(F)F)ncc1-2. The Kier molecular flexibility index (Phi) is 3.56. The lowest BCUT2D eigenvalue weighted by Gasteiger charge is -2.05. The fourth-order valence-electron chi connectivity index (χ4n) is 2.36. The minimum atomic E-state index is -4.75. The van der Waals surface area contributed by atoms with Gasteiger partial charge in [0.25, 0.3) is 5.91 Å². The maximum absolute atomic E-state index is 12.7. The molecule has 0 saturated carbocycles. The number of hydrogen-bond acceptors (Lipinski definition) is 4. The number of carbonyl (C=O) groups excluding carboxylic acids is 2. The fraction of sp³-hybridized carbons (Fsp3) is 0.125. The van der Waals surface area contributed by atoms with E-state index >= 15 is 0 Å². The maximum atomic E-state index is 12.7. The number of nitrogens with zero attached hydrogens (tertiary/aromatic N) is 2. The molecular weight excluding hydrogens is 323 g/mol. The number of aromatic nitrogens is 2. The minimum Gasteiger partial charge on any atom is -0.341 e. The van der Waals surface area contributed by atoms with Gasteiger partial charge in [0, 0.05) is 22.9 Å². The average Bonchev–Trinajstić information content (AvgIpc) is 2.84. The summed E-state index contributed by atoms with van der Waals surface area (Å²) >= 11 is 0. The monoisotopic (exact) mass is 331 g/mol. The van der Waals surface area contributed by atoms with Crippen LogP contribution in [0.4, 0.5) is 13.2 Å². The van der Waals surface area contributed by atoms with E-state index in [1.807, 2.05) is 0 Å². The van der Waals surface area contributed by atoms with Crippen LogP contribution in [0.3, 0.4) is 0 Å². The second kappa shape index (κ2) is 5.45. The lowest BCUT2D eigenvalue weighted by Crippen LogP contribution is -2.23. The first-order chi connectivity index (χ1) is 11.3. The molecule has 0 saturated heterocycles. The van der Waals surface area contributed by atoms with E-state index in [1.54, 1.807) is 0 Å². The normalized spacial score (nSPS) is 12.3. The molecule has 0 atom stereocenters. The number of terminal acetylenes is 1. The number of nitrogens with one attached hydrogen (secondary N) is 1. The number of carbonyl (C=O) groups is 2. The first-order valence-corrected chi connectivity index (χ1v) is 6.68. The Bertz CT molecular complexity index is 914. The van der Waals surface area contributed by atoms with Gasteiger partial charge in [-0.3, -0.25) is 9.59 Å². The molecule has 0 fully saturated rings. The summed E-state index contributed by atoms with van der Waals surface area (Å²) in [7, 11) is 0. The van der Waals surface area contributed by atoms with Crippen LogP contribution in [0, 0.1) is 12.3 Å². The predicted molar refractivity (Wildman–Crippen MR) is 77.1 cm³/mol. The van der Waals surface area contributed by atoms with E-state index in [4.69, 9.17) is 6.42 Å². The smallest absolute Gasteiger partial charge is 0.341 e.